The predicted molar refractivity (Wildman–Crippen MR) is 87.1 cm³/mol. The van der Waals surface area contributed by atoms with Gasteiger partial charge in [-0.25, -0.2) is 0 Å². The van der Waals surface area contributed by atoms with Crippen LogP contribution in [0.5, 0.6) is 0 Å². The highest BCUT2D eigenvalue weighted by Crippen LogP contribution is 2.48. The fraction of sp³-hybridized carbons (Fsp3) is 0.368. The van der Waals surface area contributed by atoms with E-state index < -0.39 is 0 Å². The highest BCUT2D eigenvalue weighted by molar-refractivity contribution is 5.78. The van der Waals surface area contributed by atoms with Gasteiger partial charge in [0.05, 0.1) is 6.04 Å². The first-order chi connectivity index (χ1) is 10.3. The van der Waals surface area contributed by atoms with Crippen LogP contribution in [-0.4, -0.2) is 24.5 Å². The van der Waals surface area contributed by atoms with Gasteiger partial charge in [0.1, 0.15) is 0 Å². The molecule has 1 atom stereocenters. The van der Waals surface area contributed by atoms with E-state index >= 15 is 0 Å². The van der Waals surface area contributed by atoms with Crippen LogP contribution >= 0.6 is 0 Å². The van der Waals surface area contributed by atoms with E-state index in [1.165, 1.54) is 35.1 Å². The smallest absolute Gasteiger partial charge is 0.0614 e. The average Bonchev–Trinajstić information content (AvgIpc) is 3.29. The zero-order valence-corrected chi connectivity index (χ0v) is 12.5. The van der Waals surface area contributed by atoms with E-state index in [4.69, 9.17) is 5.73 Å². The van der Waals surface area contributed by atoms with Gasteiger partial charge in [0.2, 0.25) is 0 Å². The SMILES string of the molecule is CN(C1c2ccccc2-c2ccccc21)C(CN)C1CC1. The van der Waals surface area contributed by atoms with Gasteiger partial charge in [-0.1, -0.05) is 48.5 Å². The molecule has 2 heteroatoms. The van der Waals surface area contributed by atoms with E-state index in [0.717, 1.165) is 12.5 Å². The minimum absolute atomic E-state index is 0.353. The summed E-state index contributed by atoms with van der Waals surface area (Å²) in [6, 6.07) is 18.5. The zero-order valence-electron chi connectivity index (χ0n) is 12.5. The molecule has 1 saturated carbocycles. The minimum atomic E-state index is 0.353. The molecule has 2 aliphatic carbocycles. The number of benzene rings is 2. The molecule has 2 aliphatic rings. The van der Waals surface area contributed by atoms with E-state index in [1.54, 1.807) is 0 Å². The predicted octanol–water partition coefficient (Wildman–Crippen LogP) is 3.43. The lowest BCUT2D eigenvalue weighted by molar-refractivity contribution is 0.185. The zero-order chi connectivity index (χ0) is 14.4. The molecule has 0 heterocycles. The maximum Gasteiger partial charge on any atom is 0.0614 e. The summed E-state index contributed by atoms with van der Waals surface area (Å²) in [7, 11) is 2.25. The average molecular weight is 278 g/mol. The standard InChI is InChI=1S/C19H22N2/c1-21(18(12-20)13-10-11-13)19-16-8-4-2-6-14(16)15-7-3-5-9-17(15)19/h2-9,13,18-19H,10-12,20H2,1H3. The molecule has 0 aromatic heterocycles. The first-order valence-electron chi connectivity index (χ1n) is 7.91. The van der Waals surface area contributed by atoms with Crippen LogP contribution in [0.2, 0.25) is 0 Å². The van der Waals surface area contributed by atoms with Crippen LogP contribution in [0.4, 0.5) is 0 Å². The summed E-state index contributed by atoms with van der Waals surface area (Å²) >= 11 is 0. The number of fused-ring (bicyclic) bond motifs is 3. The Balaban J connectivity index is 1.81. The summed E-state index contributed by atoms with van der Waals surface area (Å²) < 4.78 is 0. The van der Waals surface area contributed by atoms with E-state index in [0.29, 0.717) is 12.1 Å². The molecular weight excluding hydrogens is 256 g/mol. The Morgan fingerprint density at radius 1 is 1.00 bits per heavy atom. The Kier molecular flexibility index (Phi) is 3.09. The van der Waals surface area contributed by atoms with E-state index in [1.807, 2.05) is 0 Å². The van der Waals surface area contributed by atoms with Crippen molar-refractivity contribution in [2.75, 3.05) is 13.6 Å². The molecule has 2 aromatic rings. The summed E-state index contributed by atoms with van der Waals surface area (Å²) in [4.78, 5) is 2.52. The summed E-state index contributed by atoms with van der Waals surface area (Å²) in [5, 5.41) is 0. The van der Waals surface area contributed by atoms with Crippen LogP contribution in [0, 0.1) is 5.92 Å². The molecule has 0 amide bonds. The second-order valence-electron chi connectivity index (χ2n) is 6.38. The van der Waals surface area contributed by atoms with Crippen molar-refractivity contribution < 1.29 is 0 Å². The third kappa shape index (κ3) is 2.02. The van der Waals surface area contributed by atoms with Crippen molar-refractivity contribution in [3.63, 3.8) is 0 Å². The van der Waals surface area contributed by atoms with Gasteiger partial charge in [0.25, 0.3) is 0 Å². The van der Waals surface area contributed by atoms with Crippen molar-refractivity contribution in [2.24, 2.45) is 11.7 Å². The highest BCUT2D eigenvalue weighted by Gasteiger charge is 2.39. The topological polar surface area (TPSA) is 29.3 Å². The lowest BCUT2D eigenvalue weighted by Gasteiger charge is -2.33. The lowest BCUT2D eigenvalue weighted by Crippen LogP contribution is -2.41. The second kappa shape index (κ2) is 4.97. The Hall–Kier alpha value is -1.64. The first-order valence-corrected chi connectivity index (χ1v) is 7.91. The van der Waals surface area contributed by atoms with Gasteiger partial charge in [-0.05, 0) is 48.1 Å². The van der Waals surface area contributed by atoms with E-state index in [2.05, 4.69) is 60.5 Å². The van der Waals surface area contributed by atoms with Gasteiger partial charge in [0, 0.05) is 12.6 Å². The molecule has 2 nitrogen and oxygen atoms in total. The molecule has 2 aromatic carbocycles. The molecule has 1 fully saturated rings. The molecule has 0 radical (unpaired) electrons. The Morgan fingerprint density at radius 2 is 1.52 bits per heavy atom. The van der Waals surface area contributed by atoms with Gasteiger partial charge in [-0.2, -0.15) is 0 Å². The second-order valence-corrected chi connectivity index (χ2v) is 6.38. The fourth-order valence-electron chi connectivity index (χ4n) is 3.93. The number of rotatable bonds is 4. The van der Waals surface area contributed by atoms with Crippen LogP contribution in [0.15, 0.2) is 48.5 Å². The molecule has 1 unspecified atom stereocenters. The van der Waals surface area contributed by atoms with Crippen LogP contribution in [0.3, 0.4) is 0 Å². The third-order valence-electron chi connectivity index (χ3n) is 5.14. The molecule has 0 aliphatic heterocycles. The van der Waals surface area contributed by atoms with Crippen molar-refractivity contribution in [1.82, 2.24) is 4.90 Å². The lowest BCUT2D eigenvalue weighted by atomic mass is 10.0. The van der Waals surface area contributed by atoms with Crippen LogP contribution in [0.25, 0.3) is 11.1 Å². The summed E-state index contributed by atoms with van der Waals surface area (Å²) in [5.74, 6) is 0.792. The van der Waals surface area contributed by atoms with E-state index in [9.17, 15) is 0 Å². The number of nitrogens with two attached hydrogens (primary N) is 1. The van der Waals surface area contributed by atoms with Crippen molar-refractivity contribution in [1.29, 1.82) is 0 Å². The first kappa shape index (κ1) is 13.1. The van der Waals surface area contributed by atoms with Gasteiger partial charge in [0.15, 0.2) is 0 Å². The Bertz CT molecular complexity index is 615. The van der Waals surface area contributed by atoms with Gasteiger partial charge < -0.3 is 5.73 Å². The van der Waals surface area contributed by atoms with Gasteiger partial charge in [-0.3, -0.25) is 4.90 Å². The van der Waals surface area contributed by atoms with Crippen molar-refractivity contribution in [3.05, 3.63) is 59.7 Å². The molecule has 0 bridgehead atoms. The number of likely N-dealkylation sites (N-methyl/N-ethyl adjacent to an activating group) is 1. The molecule has 108 valence electrons. The maximum atomic E-state index is 6.08. The molecular formula is C19H22N2. The quantitative estimate of drug-likeness (QED) is 0.928. The van der Waals surface area contributed by atoms with Crippen LogP contribution in [0.1, 0.15) is 30.0 Å². The highest BCUT2D eigenvalue weighted by atomic mass is 15.2. The van der Waals surface area contributed by atoms with Crippen LogP contribution < -0.4 is 5.73 Å². The number of hydrogen-bond donors (Lipinski definition) is 1. The maximum absolute atomic E-state index is 6.08. The summed E-state index contributed by atoms with van der Waals surface area (Å²) in [6.45, 7) is 0.752. The van der Waals surface area contributed by atoms with Crippen molar-refractivity contribution in [3.8, 4) is 11.1 Å². The van der Waals surface area contributed by atoms with Crippen LogP contribution in [-0.2, 0) is 0 Å². The summed E-state index contributed by atoms with van der Waals surface area (Å²) in [6.07, 6.45) is 2.67. The molecule has 21 heavy (non-hydrogen) atoms. The number of hydrogen-bond acceptors (Lipinski definition) is 2. The molecule has 0 spiro atoms. The summed E-state index contributed by atoms with van der Waals surface area (Å²) in [5.41, 5.74) is 11.7. The van der Waals surface area contributed by atoms with Gasteiger partial charge >= 0.3 is 0 Å². The minimum Gasteiger partial charge on any atom is -0.329 e. The van der Waals surface area contributed by atoms with Crippen molar-refractivity contribution >= 4 is 0 Å². The molecule has 0 saturated heterocycles. The Labute approximate surface area is 126 Å². The normalized spacial score (nSPS) is 18.6. The monoisotopic (exact) mass is 278 g/mol. The van der Waals surface area contributed by atoms with E-state index in [-0.39, 0.29) is 0 Å². The van der Waals surface area contributed by atoms with Crippen molar-refractivity contribution in [2.45, 2.75) is 24.9 Å². The Morgan fingerprint density at radius 3 is 2.00 bits per heavy atom. The van der Waals surface area contributed by atoms with Gasteiger partial charge in [-0.15, -0.1) is 0 Å². The third-order valence-corrected chi connectivity index (χ3v) is 5.14. The molecule has 4 rings (SSSR count). The number of nitrogens with zero attached hydrogens (tertiary/aromatic N) is 1. The fourth-order valence-corrected chi connectivity index (χ4v) is 3.93. The molecule has 2 N–H and O–H groups in total. The largest absolute Gasteiger partial charge is 0.329 e.